The summed E-state index contributed by atoms with van der Waals surface area (Å²) in [4.78, 5) is 39.6. The number of nitrogens with two attached hydrogens (primary N) is 1. The maximum absolute atomic E-state index is 12.9. The number of nitrogens with one attached hydrogen (secondary N) is 1. The van der Waals surface area contributed by atoms with Crippen molar-refractivity contribution in [3.63, 3.8) is 0 Å². The van der Waals surface area contributed by atoms with Crippen LogP contribution in [0.3, 0.4) is 0 Å². The second-order valence-corrected chi connectivity index (χ2v) is 11.3. The normalized spacial score (nSPS) is 13.4. The van der Waals surface area contributed by atoms with Crippen LogP contribution in [0, 0.1) is 0 Å². The summed E-state index contributed by atoms with van der Waals surface area (Å²) >= 11 is 1.19. The molecule has 1 aromatic heterocycles. The van der Waals surface area contributed by atoms with E-state index in [2.05, 4.69) is 5.32 Å². The molecule has 3 N–H and O–H groups in total. The van der Waals surface area contributed by atoms with E-state index >= 15 is 0 Å². The largest absolute Gasteiger partial charge is 0.450 e. The van der Waals surface area contributed by atoms with Crippen LogP contribution in [-0.2, 0) is 27.7 Å². The molecule has 3 amide bonds. The predicted octanol–water partition coefficient (Wildman–Crippen LogP) is 3.03. The van der Waals surface area contributed by atoms with Gasteiger partial charge in [0.25, 0.3) is 11.8 Å². The van der Waals surface area contributed by atoms with Gasteiger partial charge in [0.15, 0.2) is 0 Å². The molecule has 0 saturated heterocycles. The van der Waals surface area contributed by atoms with Crippen molar-refractivity contribution < 1.29 is 27.5 Å². The van der Waals surface area contributed by atoms with Crippen LogP contribution >= 0.6 is 11.3 Å². The van der Waals surface area contributed by atoms with Gasteiger partial charge in [-0.25, -0.2) is 17.5 Å². The molecule has 0 spiro atoms. The van der Waals surface area contributed by atoms with Gasteiger partial charge in [-0.15, -0.1) is 11.3 Å². The smallest absolute Gasteiger partial charge is 0.410 e. The van der Waals surface area contributed by atoms with Crippen molar-refractivity contribution >= 4 is 44.3 Å². The van der Waals surface area contributed by atoms with Crippen molar-refractivity contribution in [3.05, 3.63) is 45.8 Å². The van der Waals surface area contributed by atoms with Crippen LogP contribution in [0.2, 0.25) is 0 Å². The molecule has 10 nitrogen and oxygen atoms in total. The molecule has 2 heterocycles. The third kappa shape index (κ3) is 5.82. The van der Waals surface area contributed by atoms with Gasteiger partial charge >= 0.3 is 6.09 Å². The maximum atomic E-state index is 12.9. The van der Waals surface area contributed by atoms with E-state index in [4.69, 9.17) is 10.5 Å². The SMILES string of the molecule is CCCCN(C)S(=O)(=O)c1ccc(C(=O)Nc2sc3c(c2C(N)=O)CCN(C(=O)OCC)C3)cc1. The standard InChI is InChI=1S/C23H30N4O6S2/c1-4-6-12-26(3)35(31,32)16-9-7-15(8-10-16)21(29)25-22-19(20(24)28)17-11-13-27(14-18(17)34-22)23(30)33-5-2/h7-10H,4-6,11-14H2,1-3H3,(H2,24,28)(H,25,29). The summed E-state index contributed by atoms with van der Waals surface area (Å²) < 4.78 is 31.7. The summed E-state index contributed by atoms with van der Waals surface area (Å²) in [6.45, 7) is 5.01. The highest BCUT2D eigenvalue weighted by molar-refractivity contribution is 7.89. The van der Waals surface area contributed by atoms with E-state index in [0.717, 1.165) is 23.3 Å². The van der Waals surface area contributed by atoms with Gasteiger partial charge in [-0.1, -0.05) is 13.3 Å². The number of hydrogen-bond donors (Lipinski definition) is 2. The van der Waals surface area contributed by atoms with E-state index in [0.29, 0.717) is 24.5 Å². The molecule has 0 saturated carbocycles. The fourth-order valence-electron chi connectivity index (χ4n) is 3.76. The molecule has 190 valence electrons. The first-order chi connectivity index (χ1) is 16.6. The number of carbonyl (C=O) groups excluding carboxylic acids is 3. The molecule has 0 aliphatic carbocycles. The number of benzene rings is 1. The lowest BCUT2D eigenvalue weighted by molar-refractivity contribution is 0.0997. The van der Waals surface area contributed by atoms with Gasteiger partial charge in [0, 0.05) is 30.6 Å². The first-order valence-corrected chi connectivity index (χ1v) is 13.6. The minimum atomic E-state index is -3.65. The van der Waals surface area contributed by atoms with E-state index in [1.165, 1.54) is 51.9 Å². The van der Waals surface area contributed by atoms with Crippen molar-refractivity contribution in [2.75, 3.05) is 32.1 Å². The number of anilines is 1. The summed E-state index contributed by atoms with van der Waals surface area (Å²) in [6.07, 6.45) is 1.60. The maximum Gasteiger partial charge on any atom is 0.410 e. The van der Waals surface area contributed by atoms with Crippen molar-refractivity contribution in [1.82, 2.24) is 9.21 Å². The topological polar surface area (TPSA) is 139 Å². The monoisotopic (exact) mass is 522 g/mol. The van der Waals surface area contributed by atoms with E-state index < -0.39 is 27.9 Å². The Hall–Kier alpha value is -2.96. The average molecular weight is 523 g/mol. The Bertz CT molecular complexity index is 1210. The number of thiophene rings is 1. The Morgan fingerprint density at radius 1 is 1.20 bits per heavy atom. The van der Waals surface area contributed by atoms with E-state index in [9.17, 15) is 22.8 Å². The van der Waals surface area contributed by atoms with E-state index in [1.54, 1.807) is 6.92 Å². The van der Waals surface area contributed by atoms with Crippen LogP contribution in [0.25, 0.3) is 0 Å². The zero-order chi connectivity index (χ0) is 25.8. The number of fused-ring (bicyclic) bond motifs is 1. The fourth-order valence-corrected chi connectivity index (χ4v) is 6.23. The highest BCUT2D eigenvalue weighted by Crippen LogP contribution is 2.37. The Kier molecular flexibility index (Phi) is 8.51. The molecule has 0 atom stereocenters. The Labute approximate surface area is 209 Å². The fraction of sp³-hybridized carbons (Fsp3) is 0.435. The Morgan fingerprint density at radius 3 is 2.49 bits per heavy atom. The van der Waals surface area contributed by atoms with Gasteiger partial charge in [-0.3, -0.25) is 9.59 Å². The summed E-state index contributed by atoms with van der Waals surface area (Å²) in [5.74, 6) is -1.17. The molecule has 0 radical (unpaired) electrons. The number of unbranched alkanes of at least 4 members (excludes halogenated alkanes) is 1. The van der Waals surface area contributed by atoms with Gasteiger partial charge < -0.3 is 20.7 Å². The molecule has 0 bridgehead atoms. The molecule has 0 fully saturated rings. The van der Waals surface area contributed by atoms with Crippen LogP contribution in [0.15, 0.2) is 29.2 Å². The van der Waals surface area contributed by atoms with Crippen molar-refractivity contribution in [2.45, 2.75) is 44.6 Å². The van der Waals surface area contributed by atoms with E-state index in [1.807, 2.05) is 6.92 Å². The minimum absolute atomic E-state index is 0.0936. The Balaban J connectivity index is 1.79. The quantitative estimate of drug-likeness (QED) is 0.519. The first-order valence-electron chi connectivity index (χ1n) is 11.3. The predicted molar refractivity (Wildman–Crippen MR) is 133 cm³/mol. The Morgan fingerprint density at radius 2 is 1.89 bits per heavy atom. The number of ether oxygens (including phenoxy) is 1. The minimum Gasteiger partial charge on any atom is -0.450 e. The molecular formula is C23H30N4O6S2. The van der Waals surface area contributed by atoms with Crippen molar-refractivity contribution in [1.29, 1.82) is 0 Å². The molecular weight excluding hydrogens is 492 g/mol. The van der Waals surface area contributed by atoms with Crippen LogP contribution in [0.5, 0.6) is 0 Å². The molecule has 35 heavy (non-hydrogen) atoms. The number of hydrogen-bond acceptors (Lipinski definition) is 7. The zero-order valence-corrected chi connectivity index (χ0v) is 21.6. The van der Waals surface area contributed by atoms with Crippen molar-refractivity contribution in [2.24, 2.45) is 5.73 Å². The van der Waals surface area contributed by atoms with Gasteiger partial charge in [0.2, 0.25) is 10.0 Å². The molecule has 1 aromatic carbocycles. The summed E-state index contributed by atoms with van der Waals surface area (Å²) in [7, 11) is -2.12. The lowest BCUT2D eigenvalue weighted by Crippen LogP contribution is -2.36. The highest BCUT2D eigenvalue weighted by Gasteiger charge is 2.30. The molecule has 0 unspecified atom stereocenters. The van der Waals surface area contributed by atoms with Crippen LogP contribution in [-0.4, -0.2) is 62.3 Å². The summed E-state index contributed by atoms with van der Waals surface area (Å²) in [5.41, 5.74) is 6.79. The third-order valence-electron chi connectivity index (χ3n) is 5.71. The lowest BCUT2D eigenvalue weighted by Gasteiger charge is -2.26. The van der Waals surface area contributed by atoms with Crippen LogP contribution < -0.4 is 11.1 Å². The number of rotatable bonds is 9. The molecule has 2 aromatic rings. The summed E-state index contributed by atoms with van der Waals surface area (Å²) in [5, 5.41) is 3.03. The van der Waals surface area contributed by atoms with Gasteiger partial charge in [-0.05, 0) is 49.6 Å². The van der Waals surface area contributed by atoms with Crippen LogP contribution in [0.4, 0.5) is 9.80 Å². The molecule has 1 aliphatic heterocycles. The summed E-state index contributed by atoms with van der Waals surface area (Å²) in [6, 6.07) is 5.63. The number of primary amides is 1. The zero-order valence-electron chi connectivity index (χ0n) is 20.0. The number of amides is 3. The van der Waals surface area contributed by atoms with Gasteiger partial charge in [0.1, 0.15) is 5.00 Å². The van der Waals surface area contributed by atoms with Gasteiger partial charge in [-0.2, -0.15) is 0 Å². The second kappa shape index (κ2) is 11.2. The highest BCUT2D eigenvalue weighted by atomic mass is 32.2. The second-order valence-electron chi connectivity index (χ2n) is 8.10. The van der Waals surface area contributed by atoms with Gasteiger partial charge in [0.05, 0.1) is 23.6 Å². The molecule has 3 rings (SSSR count). The lowest BCUT2D eigenvalue weighted by atomic mass is 10.0. The molecule has 12 heteroatoms. The number of sulfonamides is 1. The number of carbonyl (C=O) groups is 3. The molecule has 1 aliphatic rings. The number of nitrogens with zero attached hydrogens (tertiary/aromatic N) is 2. The average Bonchev–Trinajstić information content (AvgIpc) is 3.19. The van der Waals surface area contributed by atoms with E-state index in [-0.39, 0.29) is 29.2 Å². The van der Waals surface area contributed by atoms with Crippen molar-refractivity contribution in [3.8, 4) is 0 Å². The third-order valence-corrected chi connectivity index (χ3v) is 8.71. The van der Waals surface area contributed by atoms with Crippen LogP contribution in [0.1, 0.15) is 57.8 Å². The first kappa shape index (κ1) is 26.6.